The van der Waals surface area contributed by atoms with Gasteiger partial charge in [0.05, 0.1) is 12.2 Å². The van der Waals surface area contributed by atoms with E-state index in [0.29, 0.717) is 50.7 Å². The number of carbonyl (C=O) groups is 1. The number of piperazine rings is 1. The lowest BCUT2D eigenvalue weighted by atomic mass is 9.99. The summed E-state index contributed by atoms with van der Waals surface area (Å²) in [4.78, 5) is 18.5. The quantitative estimate of drug-likeness (QED) is 0.310. The largest absolute Gasteiger partial charge is 0.444 e. The highest BCUT2D eigenvalue weighted by Crippen LogP contribution is 2.39. The number of hydrogen-bond acceptors (Lipinski definition) is 5. The average Bonchev–Trinajstić information content (AvgIpc) is 3.34. The fraction of sp³-hybridized carbons (Fsp3) is 0.484. The third kappa shape index (κ3) is 6.64. The maximum absolute atomic E-state index is 13.8. The van der Waals surface area contributed by atoms with Crippen molar-refractivity contribution in [3.05, 3.63) is 64.9 Å². The summed E-state index contributed by atoms with van der Waals surface area (Å²) in [5.41, 5.74) is 2.84. The summed E-state index contributed by atoms with van der Waals surface area (Å²) < 4.78 is 48.1. The zero-order valence-corrected chi connectivity index (χ0v) is 25.2. The highest BCUT2D eigenvalue weighted by atomic mass is 35.5. The van der Waals surface area contributed by atoms with Crippen LogP contribution in [0.1, 0.15) is 50.9 Å². The highest BCUT2D eigenvalue weighted by molar-refractivity contribution is 6.31. The molecule has 5 rings (SSSR count). The number of nitrogens with zero attached hydrogens (tertiary/aromatic N) is 5. The maximum atomic E-state index is 13.8. The number of hydrogen-bond donors (Lipinski definition) is 0. The van der Waals surface area contributed by atoms with Gasteiger partial charge in [0.25, 0.3) is 0 Å². The molecule has 3 aromatic rings. The molecule has 3 heterocycles. The number of piperidine rings is 1. The molecule has 2 saturated heterocycles. The molecule has 2 aliphatic heterocycles. The molecule has 42 heavy (non-hydrogen) atoms. The Morgan fingerprint density at radius 1 is 0.976 bits per heavy atom. The number of carbonyl (C=O) groups excluding carboxylic acids is 1. The molecular formula is C31H37ClF3N5O2. The van der Waals surface area contributed by atoms with Gasteiger partial charge in [-0.2, -0.15) is 18.3 Å². The summed E-state index contributed by atoms with van der Waals surface area (Å²) in [5, 5.41) is 4.70. The van der Waals surface area contributed by atoms with Crippen LogP contribution in [0.15, 0.2) is 48.7 Å². The lowest BCUT2D eigenvalue weighted by Crippen LogP contribution is -2.50. The van der Waals surface area contributed by atoms with E-state index in [-0.39, 0.29) is 11.7 Å². The monoisotopic (exact) mass is 603 g/mol. The molecule has 7 nitrogen and oxygen atoms in total. The maximum Gasteiger partial charge on any atom is 0.433 e. The van der Waals surface area contributed by atoms with Gasteiger partial charge < -0.3 is 19.4 Å². The van der Waals surface area contributed by atoms with Gasteiger partial charge in [-0.15, -0.1) is 0 Å². The molecule has 0 aliphatic carbocycles. The van der Waals surface area contributed by atoms with Crippen LogP contribution in [0.25, 0.3) is 11.1 Å². The Hall–Kier alpha value is -3.40. The number of alkyl halides is 3. The number of benzene rings is 2. The Labute approximate surface area is 249 Å². The van der Waals surface area contributed by atoms with Gasteiger partial charge >= 0.3 is 12.3 Å². The minimum Gasteiger partial charge on any atom is -0.444 e. The molecule has 1 unspecified atom stereocenters. The minimum atomic E-state index is -4.46. The lowest BCUT2D eigenvalue weighted by molar-refractivity contribution is -0.145. The predicted octanol–water partition coefficient (Wildman–Crippen LogP) is 7.43. The van der Waals surface area contributed by atoms with E-state index in [1.807, 2.05) is 39.0 Å². The molecule has 2 aromatic carbocycles. The molecule has 0 radical (unpaired) electrons. The first-order chi connectivity index (χ1) is 19.8. The van der Waals surface area contributed by atoms with Gasteiger partial charge in [-0.25, -0.2) is 4.79 Å². The molecule has 0 N–H and O–H groups in total. The Balaban J connectivity index is 1.32. The van der Waals surface area contributed by atoms with E-state index in [0.717, 1.165) is 33.6 Å². The average molecular weight is 604 g/mol. The fourth-order valence-corrected chi connectivity index (χ4v) is 5.95. The van der Waals surface area contributed by atoms with Crippen molar-refractivity contribution in [2.24, 2.45) is 0 Å². The van der Waals surface area contributed by atoms with E-state index in [4.69, 9.17) is 16.3 Å². The fourth-order valence-electron chi connectivity index (χ4n) is 5.79. The second-order valence-electron chi connectivity index (χ2n) is 12.0. The van der Waals surface area contributed by atoms with Crippen molar-refractivity contribution in [1.29, 1.82) is 0 Å². The zero-order valence-electron chi connectivity index (χ0n) is 24.4. The Morgan fingerprint density at radius 2 is 1.67 bits per heavy atom. The van der Waals surface area contributed by atoms with Crippen molar-refractivity contribution in [1.82, 2.24) is 14.7 Å². The van der Waals surface area contributed by atoms with Gasteiger partial charge in [-0.05, 0) is 75.9 Å². The number of ether oxygens (including phenoxy) is 1. The summed E-state index contributed by atoms with van der Waals surface area (Å²) in [6.07, 6.45) is -2.10. The second-order valence-corrected chi connectivity index (χ2v) is 12.5. The van der Waals surface area contributed by atoms with Crippen molar-refractivity contribution in [3.8, 4) is 11.1 Å². The van der Waals surface area contributed by atoms with Crippen LogP contribution in [0.3, 0.4) is 0 Å². The Kier molecular flexibility index (Phi) is 8.38. The number of aromatic nitrogens is 2. The molecule has 2 aliphatic rings. The van der Waals surface area contributed by atoms with Gasteiger partial charge in [0, 0.05) is 61.2 Å². The van der Waals surface area contributed by atoms with Crippen molar-refractivity contribution >= 4 is 29.1 Å². The van der Waals surface area contributed by atoms with Crippen LogP contribution in [0.4, 0.5) is 29.3 Å². The first-order valence-corrected chi connectivity index (χ1v) is 14.7. The number of halogens is 4. The van der Waals surface area contributed by atoms with E-state index in [1.54, 1.807) is 4.90 Å². The molecule has 1 amide bonds. The summed E-state index contributed by atoms with van der Waals surface area (Å²) in [7, 11) is 0. The number of rotatable bonds is 4. The van der Waals surface area contributed by atoms with Gasteiger partial charge in [0.2, 0.25) is 0 Å². The SMILES string of the molecule is Cc1cnn(C2CCCN(c3cc(Cl)ccc3-c3ccc(N4CCN(C(=O)OC(C)(C)C)CC4)cc3)C2)c1C(F)(F)F. The first-order valence-electron chi connectivity index (χ1n) is 14.3. The summed E-state index contributed by atoms with van der Waals surface area (Å²) in [5.74, 6) is 0. The van der Waals surface area contributed by atoms with E-state index >= 15 is 0 Å². The summed E-state index contributed by atoms with van der Waals surface area (Å²) in [6.45, 7) is 10.7. The molecule has 1 aromatic heterocycles. The molecule has 1 atom stereocenters. The molecule has 0 spiro atoms. The number of aryl methyl sites for hydroxylation is 1. The van der Waals surface area contributed by atoms with E-state index < -0.39 is 23.5 Å². The van der Waals surface area contributed by atoms with E-state index in [2.05, 4.69) is 39.2 Å². The van der Waals surface area contributed by atoms with E-state index in [9.17, 15) is 18.0 Å². The van der Waals surface area contributed by atoms with Gasteiger partial charge in [-0.1, -0.05) is 29.8 Å². The van der Waals surface area contributed by atoms with Gasteiger partial charge in [-0.3, -0.25) is 4.68 Å². The predicted molar refractivity (Wildman–Crippen MR) is 159 cm³/mol. The minimum absolute atomic E-state index is 0.134. The van der Waals surface area contributed by atoms with Crippen molar-refractivity contribution < 1.29 is 22.7 Å². The van der Waals surface area contributed by atoms with Crippen LogP contribution in [0.5, 0.6) is 0 Å². The van der Waals surface area contributed by atoms with Crippen molar-refractivity contribution in [2.45, 2.75) is 58.4 Å². The second kappa shape index (κ2) is 11.7. The van der Waals surface area contributed by atoms with Crippen molar-refractivity contribution in [3.63, 3.8) is 0 Å². The van der Waals surface area contributed by atoms with Crippen LogP contribution < -0.4 is 9.80 Å². The zero-order chi connectivity index (χ0) is 30.2. The third-order valence-electron chi connectivity index (χ3n) is 7.76. The smallest absolute Gasteiger partial charge is 0.433 e. The number of anilines is 2. The van der Waals surface area contributed by atoms with Crippen LogP contribution >= 0.6 is 11.6 Å². The molecule has 0 bridgehead atoms. The van der Waals surface area contributed by atoms with Gasteiger partial charge in [0.1, 0.15) is 11.3 Å². The standard InChI is InChI=1S/C31H37ClF3N5O2/c1-21-19-36-40(28(21)31(33,34)35)25-6-5-13-39(20-25)27-18-23(32)9-12-26(27)22-7-10-24(11-8-22)37-14-16-38(17-15-37)29(41)42-30(2,3)4/h7-12,18-19,25H,5-6,13-17,20H2,1-4H3. The van der Waals surface area contributed by atoms with Crippen LogP contribution in [0, 0.1) is 6.92 Å². The highest BCUT2D eigenvalue weighted by Gasteiger charge is 2.39. The van der Waals surface area contributed by atoms with Crippen LogP contribution in [-0.4, -0.2) is 65.6 Å². The molecule has 0 saturated carbocycles. The summed E-state index contributed by atoms with van der Waals surface area (Å²) in [6, 6.07) is 13.5. The normalized spacial score (nSPS) is 18.4. The molecule has 2 fully saturated rings. The molecular weight excluding hydrogens is 567 g/mol. The molecule has 226 valence electrons. The number of amides is 1. The van der Waals surface area contributed by atoms with Crippen LogP contribution in [0.2, 0.25) is 5.02 Å². The first kappa shape index (κ1) is 30.1. The van der Waals surface area contributed by atoms with Crippen molar-refractivity contribution in [2.75, 3.05) is 49.1 Å². The van der Waals surface area contributed by atoms with E-state index in [1.165, 1.54) is 13.1 Å². The lowest BCUT2D eigenvalue weighted by Gasteiger charge is -2.37. The van der Waals surface area contributed by atoms with Crippen LogP contribution in [-0.2, 0) is 10.9 Å². The topological polar surface area (TPSA) is 53.8 Å². The Morgan fingerprint density at radius 3 is 2.31 bits per heavy atom. The third-order valence-corrected chi connectivity index (χ3v) is 8.00. The Bertz CT molecular complexity index is 1410. The van der Waals surface area contributed by atoms with Gasteiger partial charge in [0.15, 0.2) is 0 Å². The molecule has 11 heteroatoms. The summed E-state index contributed by atoms with van der Waals surface area (Å²) >= 11 is 6.42.